The minimum atomic E-state index is -4.36. The molecule has 1 rings (SSSR count). The van der Waals surface area contributed by atoms with Crippen molar-refractivity contribution in [1.82, 2.24) is 0 Å². The number of nitrogen functional groups attached to an aromatic ring is 1. The summed E-state index contributed by atoms with van der Waals surface area (Å²) in [5.74, 6) is 0. The molecule has 0 saturated heterocycles. The molecular weight excluding hydrogens is 257 g/mol. The van der Waals surface area contributed by atoms with Gasteiger partial charge in [0.2, 0.25) is 0 Å². The number of rotatable bonds is 3. The molecule has 1 aromatic rings. The molecule has 0 bridgehead atoms. The highest BCUT2D eigenvalue weighted by Gasteiger charge is 2.26. The summed E-state index contributed by atoms with van der Waals surface area (Å²) < 4.78 is 58.1. The van der Waals surface area contributed by atoms with E-state index < -0.39 is 22.6 Å². The van der Waals surface area contributed by atoms with E-state index in [4.69, 9.17) is 5.73 Å². The van der Waals surface area contributed by atoms with E-state index in [9.17, 15) is 21.6 Å². The second kappa shape index (κ2) is 4.44. The van der Waals surface area contributed by atoms with Gasteiger partial charge in [0.15, 0.2) is 9.84 Å². The van der Waals surface area contributed by atoms with Gasteiger partial charge in [-0.2, -0.15) is 13.2 Å². The molecule has 1 aromatic carbocycles. The number of alkyl halides is 3. The summed E-state index contributed by atoms with van der Waals surface area (Å²) in [6, 6.07) is 3.52. The molecule has 0 aromatic heterocycles. The van der Waals surface area contributed by atoms with Crippen LogP contribution in [0.1, 0.15) is 0 Å². The first-order chi connectivity index (χ1) is 7.59. The van der Waals surface area contributed by atoms with Crippen LogP contribution in [-0.2, 0) is 9.84 Å². The average molecular weight is 268 g/mol. The number of halogens is 3. The van der Waals surface area contributed by atoms with Crippen molar-refractivity contribution in [3.05, 3.63) is 18.2 Å². The Kier molecular flexibility index (Phi) is 3.56. The number of hydrogen-bond donors (Lipinski definition) is 2. The number of benzene rings is 1. The largest absolute Gasteiger partial charge is 0.405 e. The van der Waals surface area contributed by atoms with Gasteiger partial charge in [0.25, 0.3) is 0 Å². The normalized spacial score (nSPS) is 12.5. The highest BCUT2D eigenvalue weighted by molar-refractivity contribution is 7.90. The molecule has 0 aliphatic carbocycles. The second-order valence-corrected chi connectivity index (χ2v) is 5.51. The SMILES string of the molecule is CS(=O)(=O)c1ccc(NCC(F)(F)F)c(N)c1. The van der Waals surface area contributed by atoms with E-state index >= 15 is 0 Å². The van der Waals surface area contributed by atoms with Crippen molar-refractivity contribution < 1.29 is 21.6 Å². The summed E-state index contributed by atoms with van der Waals surface area (Å²) in [6.07, 6.45) is -3.37. The third kappa shape index (κ3) is 4.14. The number of nitrogens with one attached hydrogen (secondary N) is 1. The standard InChI is InChI=1S/C9H11F3N2O2S/c1-17(15,16)6-2-3-8(7(13)4-6)14-5-9(10,11)12/h2-4,14H,5,13H2,1H3. The van der Waals surface area contributed by atoms with Crippen molar-refractivity contribution in [1.29, 1.82) is 0 Å². The van der Waals surface area contributed by atoms with Crippen molar-refractivity contribution in [2.24, 2.45) is 0 Å². The molecule has 0 fully saturated rings. The summed E-state index contributed by atoms with van der Waals surface area (Å²) in [5.41, 5.74) is 5.46. The van der Waals surface area contributed by atoms with Crippen LogP contribution in [0.4, 0.5) is 24.5 Å². The van der Waals surface area contributed by atoms with Gasteiger partial charge < -0.3 is 11.1 Å². The highest BCUT2D eigenvalue weighted by Crippen LogP contribution is 2.24. The van der Waals surface area contributed by atoms with Crippen molar-refractivity contribution in [3.63, 3.8) is 0 Å². The van der Waals surface area contributed by atoms with Gasteiger partial charge in [-0.25, -0.2) is 8.42 Å². The Labute approximate surface area is 96.5 Å². The summed E-state index contributed by atoms with van der Waals surface area (Å²) in [5, 5.41) is 2.09. The van der Waals surface area contributed by atoms with Gasteiger partial charge >= 0.3 is 6.18 Å². The van der Waals surface area contributed by atoms with Crippen molar-refractivity contribution in [3.8, 4) is 0 Å². The van der Waals surface area contributed by atoms with Crippen molar-refractivity contribution in [2.45, 2.75) is 11.1 Å². The Morgan fingerprint density at radius 3 is 2.35 bits per heavy atom. The predicted molar refractivity (Wildman–Crippen MR) is 58.5 cm³/mol. The fourth-order valence-corrected chi connectivity index (χ4v) is 1.78. The zero-order chi connectivity index (χ0) is 13.3. The van der Waals surface area contributed by atoms with E-state index in [1.807, 2.05) is 0 Å². The number of anilines is 2. The highest BCUT2D eigenvalue weighted by atomic mass is 32.2. The molecular formula is C9H11F3N2O2S. The van der Waals surface area contributed by atoms with Crippen LogP contribution in [0.25, 0.3) is 0 Å². The fraction of sp³-hybridized carbons (Fsp3) is 0.333. The van der Waals surface area contributed by atoms with Gasteiger partial charge in [-0.15, -0.1) is 0 Å². The fourth-order valence-electron chi connectivity index (χ4n) is 1.13. The first kappa shape index (κ1) is 13.6. The van der Waals surface area contributed by atoms with E-state index in [0.29, 0.717) is 0 Å². The summed E-state index contributed by atoms with van der Waals surface area (Å²) in [4.78, 5) is -0.0347. The number of hydrogen-bond acceptors (Lipinski definition) is 4. The van der Waals surface area contributed by atoms with Gasteiger partial charge in [0, 0.05) is 6.26 Å². The molecule has 96 valence electrons. The number of nitrogens with two attached hydrogens (primary N) is 1. The molecule has 8 heteroatoms. The van der Waals surface area contributed by atoms with Crippen LogP contribution < -0.4 is 11.1 Å². The Bertz CT molecular complexity index is 511. The molecule has 0 aliphatic rings. The molecule has 4 nitrogen and oxygen atoms in total. The molecule has 0 heterocycles. The Balaban J connectivity index is 2.92. The van der Waals surface area contributed by atoms with E-state index in [1.165, 1.54) is 12.1 Å². The van der Waals surface area contributed by atoms with Crippen LogP contribution in [0.5, 0.6) is 0 Å². The van der Waals surface area contributed by atoms with Gasteiger partial charge in [-0.05, 0) is 18.2 Å². The van der Waals surface area contributed by atoms with Crippen LogP contribution >= 0.6 is 0 Å². The topological polar surface area (TPSA) is 72.2 Å². The minimum absolute atomic E-state index is 0.0347. The van der Waals surface area contributed by atoms with Crippen LogP contribution in [0.15, 0.2) is 23.1 Å². The van der Waals surface area contributed by atoms with Gasteiger partial charge in [-0.3, -0.25) is 0 Å². The van der Waals surface area contributed by atoms with Gasteiger partial charge in [-0.1, -0.05) is 0 Å². The monoisotopic (exact) mass is 268 g/mol. The van der Waals surface area contributed by atoms with Gasteiger partial charge in [0.1, 0.15) is 6.54 Å². The summed E-state index contributed by atoms with van der Waals surface area (Å²) >= 11 is 0. The molecule has 0 unspecified atom stereocenters. The maximum atomic E-state index is 11.9. The quantitative estimate of drug-likeness (QED) is 0.817. The van der Waals surface area contributed by atoms with E-state index in [2.05, 4.69) is 5.32 Å². The van der Waals surface area contributed by atoms with E-state index in [0.717, 1.165) is 12.3 Å². The van der Waals surface area contributed by atoms with E-state index in [1.54, 1.807) is 0 Å². The molecule has 0 amide bonds. The van der Waals surface area contributed by atoms with Crippen LogP contribution in [0.2, 0.25) is 0 Å². The lowest BCUT2D eigenvalue weighted by Crippen LogP contribution is -2.21. The first-order valence-electron chi connectivity index (χ1n) is 4.50. The predicted octanol–water partition coefficient (Wildman–Crippen LogP) is 1.65. The van der Waals surface area contributed by atoms with Crippen molar-refractivity contribution >= 4 is 21.2 Å². The zero-order valence-electron chi connectivity index (χ0n) is 8.88. The lowest BCUT2D eigenvalue weighted by molar-refractivity contribution is -0.115. The van der Waals surface area contributed by atoms with Crippen molar-refractivity contribution in [2.75, 3.05) is 23.9 Å². The first-order valence-corrected chi connectivity index (χ1v) is 6.39. The molecule has 0 radical (unpaired) electrons. The Hall–Kier alpha value is -1.44. The molecule has 0 aliphatic heterocycles. The zero-order valence-corrected chi connectivity index (χ0v) is 9.69. The van der Waals surface area contributed by atoms with Crippen LogP contribution in [0.3, 0.4) is 0 Å². The Morgan fingerprint density at radius 1 is 1.35 bits per heavy atom. The summed E-state index contributed by atoms with van der Waals surface area (Å²) in [6.45, 7) is -1.23. The molecule has 3 N–H and O–H groups in total. The maximum Gasteiger partial charge on any atom is 0.405 e. The van der Waals surface area contributed by atoms with Crippen LogP contribution in [-0.4, -0.2) is 27.4 Å². The number of sulfone groups is 1. The third-order valence-corrected chi connectivity index (χ3v) is 3.04. The molecule has 17 heavy (non-hydrogen) atoms. The van der Waals surface area contributed by atoms with Gasteiger partial charge in [0.05, 0.1) is 16.3 Å². The smallest absolute Gasteiger partial charge is 0.397 e. The minimum Gasteiger partial charge on any atom is -0.397 e. The summed E-state index contributed by atoms with van der Waals surface area (Å²) in [7, 11) is -3.42. The van der Waals surface area contributed by atoms with Crippen LogP contribution in [0, 0.1) is 0 Å². The lowest BCUT2D eigenvalue weighted by Gasteiger charge is -2.12. The second-order valence-electron chi connectivity index (χ2n) is 3.49. The molecule has 0 atom stereocenters. The molecule has 0 spiro atoms. The van der Waals surface area contributed by atoms with E-state index in [-0.39, 0.29) is 16.3 Å². The maximum absolute atomic E-state index is 11.9. The molecule has 0 saturated carbocycles. The lowest BCUT2D eigenvalue weighted by atomic mass is 10.2. The Morgan fingerprint density at radius 2 is 1.94 bits per heavy atom. The third-order valence-electron chi connectivity index (χ3n) is 1.93. The average Bonchev–Trinajstić information content (AvgIpc) is 2.12.